The second-order valence-corrected chi connectivity index (χ2v) is 12.2. The first-order valence-corrected chi connectivity index (χ1v) is 15.7. The van der Waals surface area contributed by atoms with E-state index in [1.807, 2.05) is 0 Å². The number of aromatic nitrogens is 2. The summed E-state index contributed by atoms with van der Waals surface area (Å²) in [6, 6.07) is 7.90. The molecule has 0 saturated carbocycles. The number of nitrogens with one attached hydrogen (secondary N) is 5. The lowest BCUT2D eigenvalue weighted by Gasteiger charge is -2.32. The van der Waals surface area contributed by atoms with Gasteiger partial charge in [-0.1, -0.05) is 35.3 Å². The molecule has 15 nitrogen and oxygen atoms in total. The number of H-pyrrole nitrogens is 1. The molecule has 2 aromatic carbocycles. The number of aromatic amines is 1. The number of piperidine rings is 2. The van der Waals surface area contributed by atoms with E-state index in [0.29, 0.717) is 25.9 Å². The van der Waals surface area contributed by atoms with Crippen LogP contribution < -0.4 is 21.3 Å². The molecule has 2 fully saturated rings. The van der Waals surface area contributed by atoms with Crippen LogP contribution in [0.4, 0.5) is 11.4 Å². The van der Waals surface area contributed by atoms with Crippen molar-refractivity contribution in [2.45, 2.75) is 37.8 Å². The van der Waals surface area contributed by atoms with Gasteiger partial charge in [0.15, 0.2) is 0 Å². The van der Waals surface area contributed by atoms with Crippen molar-refractivity contribution in [3.05, 3.63) is 75.0 Å². The van der Waals surface area contributed by atoms with Gasteiger partial charge in [-0.05, 0) is 43.5 Å². The molecule has 1 atom stereocenters. The highest BCUT2D eigenvalue weighted by Gasteiger charge is 2.45. The molecule has 3 aromatic rings. The number of rotatable bonds is 8. The maximum absolute atomic E-state index is 13.3. The number of fused-ring (bicyclic) bond motifs is 1. The Hall–Kier alpha value is -5.28. The molecule has 3 aliphatic rings. The van der Waals surface area contributed by atoms with Crippen molar-refractivity contribution < 1.29 is 33.6 Å². The fourth-order valence-corrected chi connectivity index (χ4v) is 6.50. The molecule has 0 aliphatic carbocycles. The van der Waals surface area contributed by atoms with Gasteiger partial charge in [-0.2, -0.15) is 5.10 Å². The van der Waals surface area contributed by atoms with Crippen LogP contribution in [0, 0.1) is 0 Å². The highest BCUT2D eigenvalue weighted by molar-refractivity contribution is 6.40. The van der Waals surface area contributed by atoms with Gasteiger partial charge in [0, 0.05) is 31.2 Å². The molecule has 0 bridgehead atoms. The van der Waals surface area contributed by atoms with Crippen LogP contribution in [0.1, 0.15) is 67.2 Å². The summed E-state index contributed by atoms with van der Waals surface area (Å²) < 4.78 is 0. The monoisotopic (exact) mass is 694 g/mol. The largest absolute Gasteiger partial charge is 0.375 e. The summed E-state index contributed by atoms with van der Waals surface area (Å²) in [6.45, 7) is 0.521. The predicted molar refractivity (Wildman–Crippen MR) is 172 cm³/mol. The lowest BCUT2D eigenvalue weighted by atomic mass is 10.0. The third-order valence-corrected chi connectivity index (χ3v) is 9.02. The van der Waals surface area contributed by atoms with Crippen LogP contribution in [0.25, 0.3) is 0 Å². The van der Waals surface area contributed by atoms with Gasteiger partial charge in [-0.3, -0.25) is 48.9 Å². The molecule has 4 heterocycles. The van der Waals surface area contributed by atoms with E-state index in [1.165, 1.54) is 24.4 Å². The first-order valence-electron chi connectivity index (χ1n) is 15.0. The van der Waals surface area contributed by atoms with Crippen LogP contribution in [0.2, 0.25) is 10.0 Å². The normalized spacial score (nSPS) is 18.0. The van der Waals surface area contributed by atoms with Crippen molar-refractivity contribution in [2.75, 3.05) is 30.3 Å². The number of hydrogen-bond acceptors (Lipinski definition) is 9. The van der Waals surface area contributed by atoms with Crippen molar-refractivity contribution in [1.29, 1.82) is 0 Å². The number of halogens is 2. The minimum atomic E-state index is -1.10. The molecule has 3 aliphatic heterocycles. The fraction of sp³-hybridized carbons (Fsp3) is 0.290. The summed E-state index contributed by atoms with van der Waals surface area (Å²) in [5.41, 5.74) is 0.673. The molecular formula is C31H28Cl2N8O7. The minimum Gasteiger partial charge on any atom is -0.375 e. The van der Waals surface area contributed by atoms with Crippen molar-refractivity contribution >= 4 is 75.9 Å². The first-order chi connectivity index (χ1) is 23.0. The molecule has 5 N–H and O–H groups in total. The van der Waals surface area contributed by atoms with Gasteiger partial charge in [0.25, 0.3) is 23.6 Å². The summed E-state index contributed by atoms with van der Waals surface area (Å²) in [4.78, 5) is 91.7. The van der Waals surface area contributed by atoms with Gasteiger partial charge in [-0.25, -0.2) is 0 Å². The summed E-state index contributed by atoms with van der Waals surface area (Å²) in [5, 5.41) is 17.4. The zero-order valence-electron chi connectivity index (χ0n) is 25.1. The molecule has 2 saturated heterocycles. The zero-order valence-corrected chi connectivity index (χ0v) is 26.6. The number of amides is 7. The lowest BCUT2D eigenvalue weighted by molar-refractivity contribution is -0.136. The van der Waals surface area contributed by atoms with Crippen LogP contribution in [-0.4, -0.2) is 93.1 Å². The van der Waals surface area contributed by atoms with E-state index in [1.54, 1.807) is 23.1 Å². The van der Waals surface area contributed by atoms with Crippen LogP contribution in [0.3, 0.4) is 0 Å². The number of nitrogens with zero attached hydrogens (tertiary/aromatic N) is 3. The Morgan fingerprint density at radius 2 is 1.60 bits per heavy atom. The van der Waals surface area contributed by atoms with Gasteiger partial charge in [-0.15, -0.1) is 0 Å². The molecule has 1 aromatic heterocycles. The second kappa shape index (κ2) is 13.4. The molecule has 48 heavy (non-hydrogen) atoms. The van der Waals surface area contributed by atoms with E-state index in [9.17, 15) is 33.6 Å². The Morgan fingerprint density at radius 3 is 2.31 bits per heavy atom. The predicted octanol–water partition coefficient (Wildman–Crippen LogP) is 2.20. The third-order valence-electron chi connectivity index (χ3n) is 8.39. The average molecular weight is 696 g/mol. The SMILES string of the molecule is O=C1CCC(N2C(=O)c3cccc(NCC(=O)N4CCC(NC(=O)c5[nH]ncc5NC(=O)c5c(Cl)cccc5Cl)CC4)c3C2=O)C(=O)N1. The van der Waals surface area contributed by atoms with E-state index in [4.69, 9.17) is 23.2 Å². The van der Waals surface area contributed by atoms with Crippen molar-refractivity contribution in [3.63, 3.8) is 0 Å². The number of carbonyl (C=O) groups excluding carboxylic acids is 7. The summed E-state index contributed by atoms with van der Waals surface area (Å²) >= 11 is 12.3. The smallest absolute Gasteiger partial charge is 0.271 e. The van der Waals surface area contributed by atoms with E-state index >= 15 is 0 Å². The summed E-state index contributed by atoms with van der Waals surface area (Å²) in [5.74, 6) is -3.85. The van der Waals surface area contributed by atoms with Gasteiger partial charge < -0.3 is 20.9 Å². The molecule has 0 spiro atoms. The van der Waals surface area contributed by atoms with Crippen LogP contribution in [0.5, 0.6) is 0 Å². The molecule has 1 unspecified atom stereocenters. The number of hydrogen-bond donors (Lipinski definition) is 5. The zero-order chi connectivity index (χ0) is 34.1. The fourth-order valence-electron chi connectivity index (χ4n) is 5.93. The van der Waals surface area contributed by atoms with Crippen LogP contribution in [-0.2, 0) is 14.4 Å². The van der Waals surface area contributed by atoms with Crippen LogP contribution in [0.15, 0.2) is 42.6 Å². The van der Waals surface area contributed by atoms with E-state index in [2.05, 4.69) is 31.5 Å². The lowest BCUT2D eigenvalue weighted by Crippen LogP contribution is -2.54. The number of benzene rings is 2. The minimum absolute atomic E-state index is 0.00636. The summed E-state index contributed by atoms with van der Waals surface area (Å²) in [7, 11) is 0. The van der Waals surface area contributed by atoms with Gasteiger partial charge in [0.2, 0.25) is 17.7 Å². The van der Waals surface area contributed by atoms with Gasteiger partial charge >= 0.3 is 0 Å². The van der Waals surface area contributed by atoms with Crippen molar-refractivity contribution in [3.8, 4) is 0 Å². The first kappa shape index (κ1) is 32.7. The Kier molecular flexibility index (Phi) is 9.15. The number of likely N-dealkylation sites (tertiary alicyclic amines) is 1. The third kappa shape index (κ3) is 6.33. The molecule has 248 valence electrons. The second-order valence-electron chi connectivity index (χ2n) is 11.4. The number of carbonyl (C=O) groups is 7. The van der Waals surface area contributed by atoms with E-state index in [-0.39, 0.29) is 75.1 Å². The Labute approximate surface area is 282 Å². The Morgan fingerprint density at radius 1 is 0.896 bits per heavy atom. The topological polar surface area (TPSA) is 203 Å². The van der Waals surface area contributed by atoms with Crippen molar-refractivity contribution in [2.24, 2.45) is 0 Å². The highest BCUT2D eigenvalue weighted by atomic mass is 35.5. The maximum Gasteiger partial charge on any atom is 0.271 e. The van der Waals surface area contributed by atoms with Crippen LogP contribution >= 0.6 is 23.2 Å². The molecule has 7 amide bonds. The van der Waals surface area contributed by atoms with Crippen molar-refractivity contribution in [1.82, 2.24) is 30.6 Å². The Bertz CT molecular complexity index is 1850. The molecule has 6 rings (SSSR count). The molecule has 17 heteroatoms. The maximum atomic E-state index is 13.3. The number of imide groups is 2. The highest BCUT2D eigenvalue weighted by Crippen LogP contribution is 2.32. The molecular weight excluding hydrogens is 667 g/mol. The van der Waals surface area contributed by atoms with E-state index in [0.717, 1.165) is 4.90 Å². The average Bonchev–Trinajstić information content (AvgIpc) is 3.62. The number of anilines is 2. The van der Waals surface area contributed by atoms with Gasteiger partial charge in [0.05, 0.1) is 45.2 Å². The molecule has 0 radical (unpaired) electrons. The quantitative estimate of drug-likeness (QED) is 0.219. The van der Waals surface area contributed by atoms with E-state index < -0.39 is 41.5 Å². The standard InChI is InChI=1S/C31H28Cl2N8O7/c32-17-4-2-5-18(33)25(17)28(45)37-20-13-35-39-26(20)29(46)36-15-9-11-40(12-10-15)23(43)14-34-19-6-1-3-16-24(19)31(48)41(30(16)47)21-7-8-22(42)38-27(21)44/h1-6,13,15,21,34H,7-12,14H2,(H,35,39)(H,36,46)(H,37,45)(H,38,42,44). The summed E-state index contributed by atoms with van der Waals surface area (Å²) in [6.07, 6.45) is 2.25. The Balaban J connectivity index is 1.02. The van der Waals surface area contributed by atoms with Gasteiger partial charge in [0.1, 0.15) is 11.7 Å².